The van der Waals surface area contributed by atoms with E-state index in [-0.39, 0.29) is 23.5 Å². The molecule has 5 nitrogen and oxygen atoms in total. The molecule has 1 unspecified atom stereocenters. The van der Waals surface area contributed by atoms with Crippen LogP contribution in [-0.4, -0.2) is 39.9 Å². The quantitative estimate of drug-likeness (QED) is 0.829. The van der Waals surface area contributed by atoms with E-state index < -0.39 is 16.1 Å². The molecule has 0 aliphatic carbocycles. The number of ether oxygens (including phenoxy) is 1. The number of rotatable bonds is 6. The predicted octanol–water partition coefficient (Wildman–Crippen LogP) is 1.27. The predicted molar refractivity (Wildman–Crippen MR) is 78.2 cm³/mol. The number of hydrogen-bond acceptors (Lipinski definition) is 4. The van der Waals surface area contributed by atoms with Crippen molar-refractivity contribution < 1.29 is 18.3 Å². The van der Waals surface area contributed by atoms with E-state index >= 15 is 0 Å². The van der Waals surface area contributed by atoms with Crippen molar-refractivity contribution in [2.45, 2.75) is 37.2 Å². The Bertz CT molecular complexity index is 517. The molecule has 0 aromatic heterocycles. The van der Waals surface area contributed by atoms with Crippen LogP contribution in [0.15, 0.2) is 29.2 Å². The standard InChI is InChI=1S/C14H23NO4S/c1-14(2,3)11-5-7-13(8-6-11)20(17,18)15-9-12(16)10-19-4/h5-8,12,15-16H,9-10H2,1-4H3. The van der Waals surface area contributed by atoms with Crippen LogP contribution in [0.25, 0.3) is 0 Å². The highest BCUT2D eigenvalue weighted by Crippen LogP contribution is 2.23. The molecule has 6 heteroatoms. The van der Waals surface area contributed by atoms with Crippen LogP contribution >= 0.6 is 0 Å². The van der Waals surface area contributed by atoms with Crippen molar-refractivity contribution in [1.29, 1.82) is 0 Å². The third-order valence-corrected chi connectivity index (χ3v) is 4.34. The molecular formula is C14H23NO4S. The van der Waals surface area contributed by atoms with E-state index in [1.807, 2.05) is 0 Å². The molecule has 2 N–H and O–H groups in total. The van der Waals surface area contributed by atoms with E-state index in [1.54, 1.807) is 24.3 Å². The third kappa shape index (κ3) is 4.86. The second-order valence-corrected chi connectivity index (χ2v) is 7.50. The lowest BCUT2D eigenvalue weighted by molar-refractivity contribution is 0.0679. The van der Waals surface area contributed by atoms with Gasteiger partial charge >= 0.3 is 0 Å². The first-order chi connectivity index (χ1) is 9.16. The molecular weight excluding hydrogens is 278 g/mol. The molecule has 0 aliphatic heterocycles. The Balaban J connectivity index is 2.78. The van der Waals surface area contributed by atoms with Crippen molar-refractivity contribution in [3.05, 3.63) is 29.8 Å². The molecule has 0 spiro atoms. The monoisotopic (exact) mass is 301 g/mol. The van der Waals surface area contributed by atoms with Gasteiger partial charge in [-0.15, -0.1) is 0 Å². The lowest BCUT2D eigenvalue weighted by Gasteiger charge is -2.19. The summed E-state index contributed by atoms with van der Waals surface area (Å²) in [6.45, 7) is 6.21. The van der Waals surface area contributed by atoms with E-state index in [9.17, 15) is 13.5 Å². The summed E-state index contributed by atoms with van der Waals surface area (Å²) in [5.41, 5.74) is 1.04. The molecule has 0 heterocycles. The molecule has 0 radical (unpaired) electrons. The molecule has 0 bridgehead atoms. The van der Waals surface area contributed by atoms with E-state index in [0.29, 0.717) is 0 Å². The van der Waals surface area contributed by atoms with Gasteiger partial charge in [0.05, 0.1) is 17.6 Å². The molecule has 20 heavy (non-hydrogen) atoms. The fraction of sp³-hybridized carbons (Fsp3) is 0.571. The number of benzene rings is 1. The van der Waals surface area contributed by atoms with Crippen LogP contribution in [0.1, 0.15) is 26.3 Å². The van der Waals surface area contributed by atoms with Gasteiger partial charge in [-0.1, -0.05) is 32.9 Å². The van der Waals surface area contributed by atoms with Gasteiger partial charge in [0.25, 0.3) is 0 Å². The summed E-state index contributed by atoms with van der Waals surface area (Å²) in [6.07, 6.45) is -0.858. The van der Waals surface area contributed by atoms with Gasteiger partial charge in [-0.2, -0.15) is 0 Å². The zero-order chi connectivity index (χ0) is 15.4. The zero-order valence-corrected chi connectivity index (χ0v) is 13.2. The number of methoxy groups -OCH3 is 1. The zero-order valence-electron chi connectivity index (χ0n) is 12.4. The summed E-state index contributed by atoms with van der Waals surface area (Å²) in [5.74, 6) is 0. The van der Waals surface area contributed by atoms with Crippen LogP contribution in [0.3, 0.4) is 0 Å². The minimum atomic E-state index is -3.60. The lowest BCUT2D eigenvalue weighted by Crippen LogP contribution is -2.34. The van der Waals surface area contributed by atoms with Crippen molar-refractivity contribution >= 4 is 10.0 Å². The largest absolute Gasteiger partial charge is 0.389 e. The van der Waals surface area contributed by atoms with Crippen LogP contribution in [0.2, 0.25) is 0 Å². The van der Waals surface area contributed by atoms with Gasteiger partial charge in [-0.3, -0.25) is 0 Å². The van der Waals surface area contributed by atoms with E-state index in [2.05, 4.69) is 25.5 Å². The van der Waals surface area contributed by atoms with E-state index in [4.69, 9.17) is 4.74 Å². The van der Waals surface area contributed by atoms with Gasteiger partial charge in [-0.25, -0.2) is 13.1 Å². The van der Waals surface area contributed by atoms with Gasteiger partial charge in [0.1, 0.15) is 0 Å². The molecule has 1 rings (SSSR count). The molecule has 1 aromatic carbocycles. The fourth-order valence-electron chi connectivity index (χ4n) is 1.67. The summed E-state index contributed by atoms with van der Waals surface area (Å²) in [5, 5.41) is 9.46. The number of hydrogen-bond donors (Lipinski definition) is 2. The molecule has 0 aliphatic rings. The van der Waals surface area contributed by atoms with Crippen molar-refractivity contribution in [2.75, 3.05) is 20.3 Å². The maximum Gasteiger partial charge on any atom is 0.240 e. The van der Waals surface area contributed by atoms with E-state index in [1.165, 1.54) is 7.11 Å². The SMILES string of the molecule is COCC(O)CNS(=O)(=O)c1ccc(C(C)(C)C)cc1. The topological polar surface area (TPSA) is 75.6 Å². The smallest absolute Gasteiger partial charge is 0.240 e. The van der Waals surface area contributed by atoms with Gasteiger partial charge in [0, 0.05) is 13.7 Å². The Morgan fingerprint density at radius 3 is 2.25 bits per heavy atom. The highest BCUT2D eigenvalue weighted by molar-refractivity contribution is 7.89. The summed E-state index contributed by atoms with van der Waals surface area (Å²) in [4.78, 5) is 0.190. The van der Waals surface area contributed by atoms with Gasteiger partial charge in [0.15, 0.2) is 0 Å². The van der Waals surface area contributed by atoms with Crippen molar-refractivity contribution in [3.8, 4) is 0 Å². The molecule has 0 saturated heterocycles. The highest BCUT2D eigenvalue weighted by Gasteiger charge is 2.18. The molecule has 1 aromatic rings. The number of sulfonamides is 1. The second kappa shape index (κ2) is 6.67. The van der Waals surface area contributed by atoms with Crippen LogP contribution in [-0.2, 0) is 20.2 Å². The number of aliphatic hydroxyl groups excluding tert-OH is 1. The van der Waals surface area contributed by atoms with Gasteiger partial charge in [-0.05, 0) is 23.1 Å². The van der Waals surface area contributed by atoms with Crippen molar-refractivity contribution in [3.63, 3.8) is 0 Å². The van der Waals surface area contributed by atoms with Crippen LogP contribution in [0, 0.1) is 0 Å². The fourth-order valence-corrected chi connectivity index (χ4v) is 2.75. The van der Waals surface area contributed by atoms with E-state index in [0.717, 1.165) is 5.56 Å². The first kappa shape index (κ1) is 17.1. The summed E-state index contributed by atoms with van der Waals surface area (Å²) < 4.78 is 31.2. The molecule has 114 valence electrons. The lowest BCUT2D eigenvalue weighted by atomic mass is 9.87. The van der Waals surface area contributed by atoms with Crippen LogP contribution in [0.4, 0.5) is 0 Å². The third-order valence-electron chi connectivity index (χ3n) is 2.90. The normalized spacial score (nSPS) is 14.2. The minimum absolute atomic E-state index is 0.0234. The molecule has 0 saturated carbocycles. The number of nitrogens with one attached hydrogen (secondary N) is 1. The van der Waals surface area contributed by atoms with Crippen LogP contribution < -0.4 is 4.72 Å². The van der Waals surface area contributed by atoms with Crippen LogP contribution in [0.5, 0.6) is 0 Å². The Kier molecular flexibility index (Phi) is 5.70. The Morgan fingerprint density at radius 1 is 1.25 bits per heavy atom. The summed E-state index contributed by atoms with van der Waals surface area (Å²) >= 11 is 0. The maximum absolute atomic E-state index is 12.0. The molecule has 1 atom stereocenters. The minimum Gasteiger partial charge on any atom is -0.389 e. The first-order valence-electron chi connectivity index (χ1n) is 6.44. The van der Waals surface area contributed by atoms with Gasteiger partial charge < -0.3 is 9.84 Å². The average molecular weight is 301 g/mol. The molecule has 0 amide bonds. The van der Waals surface area contributed by atoms with Crippen molar-refractivity contribution in [2.24, 2.45) is 0 Å². The van der Waals surface area contributed by atoms with Gasteiger partial charge in [0.2, 0.25) is 10.0 Å². The number of aliphatic hydroxyl groups is 1. The Hall–Kier alpha value is -0.950. The summed E-state index contributed by atoms with van der Waals surface area (Å²) in [7, 11) is -2.15. The summed E-state index contributed by atoms with van der Waals surface area (Å²) in [6, 6.07) is 6.76. The second-order valence-electron chi connectivity index (χ2n) is 5.74. The average Bonchev–Trinajstić information content (AvgIpc) is 2.36. The molecule has 0 fully saturated rings. The Morgan fingerprint density at radius 2 is 1.80 bits per heavy atom. The first-order valence-corrected chi connectivity index (χ1v) is 7.92. The van der Waals surface area contributed by atoms with Crippen molar-refractivity contribution in [1.82, 2.24) is 4.72 Å². The highest BCUT2D eigenvalue weighted by atomic mass is 32.2. The maximum atomic E-state index is 12.0. The Labute approximate surface area is 121 Å².